The summed E-state index contributed by atoms with van der Waals surface area (Å²) in [6.07, 6.45) is 2.68. The molecule has 0 unspecified atom stereocenters. The number of halogens is 2. The molecule has 2 aromatic rings. The Balaban J connectivity index is 2.26. The summed E-state index contributed by atoms with van der Waals surface area (Å²) in [5.74, 6) is 1.16. The average molecular weight is 352 g/mol. The zero-order valence-electron chi connectivity index (χ0n) is 13.3. The van der Waals surface area contributed by atoms with Crippen LogP contribution < -0.4 is 9.47 Å². The number of methoxy groups -OCH3 is 1. The summed E-state index contributed by atoms with van der Waals surface area (Å²) in [6, 6.07) is 10.9. The molecule has 0 heterocycles. The Hall–Kier alpha value is -1.71. The zero-order chi connectivity index (χ0) is 16.8. The van der Waals surface area contributed by atoms with Crippen molar-refractivity contribution in [1.29, 1.82) is 0 Å². The van der Waals surface area contributed by atoms with Gasteiger partial charge >= 0.3 is 0 Å². The quantitative estimate of drug-likeness (QED) is 0.603. The first-order valence-electron chi connectivity index (χ1n) is 7.37. The Labute approximate surface area is 146 Å². The lowest BCUT2D eigenvalue weighted by atomic mass is 10.2. The van der Waals surface area contributed by atoms with Gasteiger partial charge in [-0.25, -0.2) is 0 Å². The molecule has 0 aliphatic carbocycles. The first-order chi connectivity index (χ1) is 11.0. The number of hydrogen-bond acceptors (Lipinski definition) is 3. The van der Waals surface area contributed by atoms with Gasteiger partial charge in [0.05, 0.1) is 23.9 Å². The molecule has 2 aromatic carbocycles. The molecule has 0 aliphatic rings. The normalized spacial score (nSPS) is 12.4. The Morgan fingerprint density at radius 1 is 1.17 bits per heavy atom. The molecule has 0 amide bonds. The minimum Gasteiger partial charge on any atom is -0.493 e. The van der Waals surface area contributed by atoms with E-state index < -0.39 is 0 Å². The van der Waals surface area contributed by atoms with Crippen LogP contribution in [0.1, 0.15) is 25.8 Å². The van der Waals surface area contributed by atoms with Crippen LogP contribution in [0.3, 0.4) is 0 Å². The second kappa shape index (κ2) is 8.23. The van der Waals surface area contributed by atoms with Crippen molar-refractivity contribution in [1.82, 2.24) is 0 Å². The third kappa shape index (κ3) is 4.88. The predicted molar refractivity (Wildman–Crippen MR) is 97.1 cm³/mol. The van der Waals surface area contributed by atoms with Crippen LogP contribution in [0.15, 0.2) is 41.4 Å². The molecular formula is C18H19Cl2NO2. The highest BCUT2D eigenvalue weighted by Gasteiger charge is 2.13. The molecule has 2 rings (SSSR count). The number of nitrogens with zero attached hydrogens (tertiary/aromatic N) is 1. The Kier molecular flexibility index (Phi) is 6.31. The molecule has 1 atom stereocenters. The van der Waals surface area contributed by atoms with Gasteiger partial charge in [-0.2, -0.15) is 0 Å². The van der Waals surface area contributed by atoms with Gasteiger partial charge in [0.15, 0.2) is 11.5 Å². The predicted octanol–water partition coefficient (Wildman–Crippen LogP) is 5.93. The topological polar surface area (TPSA) is 30.8 Å². The number of benzene rings is 2. The van der Waals surface area contributed by atoms with Crippen molar-refractivity contribution in [3.8, 4) is 11.5 Å². The summed E-state index contributed by atoms with van der Waals surface area (Å²) < 4.78 is 11.2. The molecule has 0 bridgehead atoms. The van der Waals surface area contributed by atoms with Crippen LogP contribution in [0.25, 0.3) is 0 Å². The van der Waals surface area contributed by atoms with Crippen molar-refractivity contribution in [2.75, 3.05) is 7.11 Å². The summed E-state index contributed by atoms with van der Waals surface area (Å²) >= 11 is 12.2. The third-order valence-corrected chi connectivity index (χ3v) is 3.87. The maximum absolute atomic E-state index is 6.33. The lowest BCUT2D eigenvalue weighted by molar-refractivity contribution is 0.208. The number of hydrogen-bond donors (Lipinski definition) is 0. The van der Waals surface area contributed by atoms with Gasteiger partial charge in [-0.05, 0) is 55.3 Å². The van der Waals surface area contributed by atoms with Crippen molar-refractivity contribution in [2.45, 2.75) is 26.4 Å². The van der Waals surface area contributed by atoms with Crippen molar-refractivity contribution in [3.05, 3.63) is 52.0 Å². The van der Waals surface area contributed by atoms with Crippen LogP contribution >= 0.6 is 23.2 Å². The van der Waals surface area contributed by atoms with E-state index in [1.54, 1.807) is 31.5 Å². The van der Waals surface area contributed by atoms with E-state index in [1.807, 2.05) is 25.1 Å². The van der Waals surface area contributed by atoms with Crippen LogP contribution in [-0.4, -0.2) is 19.4 Å². The molecular weight excluding hydrogens is 333 g/mol. The molecule has 0 saturated heterocycles. The highest BCUT2D eigenvalue weighted by molar-refractivity contribution is 6.32. The molecule has 0 radical (unpaired) electrons. The van der Waals surface area contributed by atoms with E-state index in [1.165, 1.54) is 0 Å². The van der Waals surface area contributed by atoms with Gasteiger partial charge in [-0.15, -0.1) is 0 Å². The van der Waals surface area contributed by atoms with Gasteiger partial charge in [0.1, 0.15) is 0 Å². The van der Waals surface area contributed by atoms with Gasteiger partial charge in [0, 0.05) is 11.2 Å². The maximum atomic E-state index is 6.33. The number of rotatable bonds is 6. The molecule has 23 heavy (non-hydrogen) atoms. The van der Waals surface area contributed by atoms with Crippen LogP contribution in [-0.2, 0) is 0 Å². The smallest absolute Gasteiger partial charge is 0.180 e. The van der Waals surface area contributed by atoms with E-state index in [0.717, 1.165) is 17.7 Å². The van der Waals surface area contributed by atoms with Crippen LogP contribution in [0.5, 0.6) is 11.5 Å². The minimum absolute atomic E-state index is 0.0648. The highest BCUT2D eigenvalue weighted by atomic mass is 35.5. The van der Waals surface area contributed by atoms with Gasteiger partial charge in [-0.3, -0.25) is 4.99 Å². The minimum atomic E-state index is 0.0648. The van der Waals surface area contributed by atoms with Crippen LogP contribution in [0.4, 0.5) is 5.69 Å². The largest absolute Gasteiger partial charge is 0.493 e. The summed E-state index contributed by atoms with van der Waals surface area (Å²) in [5, 5.41) is 1.18. The summed E-state index contributed by atoms with van der Waals surface area (Å²) in [4.78, 5) is 4.40. The van der Waals surface area contributed by atoms with Gasteiger partial charge in [0.25, 0.3) is 0 Å². The van der Waals surface area contributed by atoms with E-state index in [2.05, 4.69) is 11.9 Å². The van der Waals surface area contributed by atoms with Crippen molar-refractivity contribution in [2.24, 2.45) is 4.99 Å². The molecule has 0 aromatic heterocycles. The standard InChI is InChI=1S/C18H19Cl2NO2/c1-4-12(2)23-18-16(20)9-13(10-17(18)22-3)11-21-15-7-5-14(19)6-8-15/h5-12H,4H2,1-3H3/t12-/m1/s1. The third-order valence-electron chi connectivity index (χ3n) is 3.34. The highest BCUT2D eigenvalue weighted by Crippen LogP contribution is 2.37. The van der Waals surface area contributed by atoms with E-state index in [-0.39, 0.29) is 6.10 Å². The lowest BCUT2D eigenvalue weighted by Gasteiger charge is -2.17. The fourth-order valence-electron chi connectivity index (χ4n) is 1.89. The summed E-state index contributed by atoms with van der Waals surface area (Å²) in [6.45, 7) is 4.05. The first-order valence-corrected chi connectivity index (χ1v) is 8.13. The van der Waals surface area contributed by atoms with Gasteiger partial charge < -0.3 is 9.47 Å². The van der Waals surface area contributed by atoms with E-state index in [0.29, 0.717) is 21.5 Å². The number of aliphatic imine (C=N–C) groups is 1. The van der Waals surface area contributed by atoms with Gasteiger partial charge in [-0.1, -0.05) is 30.1 Å². The maximum Gasteiger partial charge on any atom is 0.180 e. The molecule has 0 N–H and O–H groups in total. The second-order valence-corrected chi connectivity index (χ2v) is 5.95. The summed E-state index contributed by atoms with van der Waals surface area (Å²) in [7, 11) is 1.59. The fraction of sp³-hybridized carbons (Fsp3) is 0.278. The second-order valence-electron chi connectivity index (χ2n) is 5.11. The average Bonchev–Trinajstić information content (AvgIpc) is 2.56. The molecule has 0 aliphatic heterocycles. The zero-order valence-corrected chi connectivity index (χ0v) is 14.9. The molecule has 3 nitrogen and oxygen atoms in total. The van der Waals surface area contributed by atoms with E-state index >= 15 is 0 Å². The fourth-order valence-corrected chi connectivity index (χ4v) is 2.28. The Morgan fingerprint density at radius 3 is 2.48 bits per heavy atom. The Bertz CT molecular complexity index is 684. The monoisotopic (exact) mass is 351 g/mol. The first kappa shape index (κ1) is 17.6. The molecule has 122 valence electrons. The molecule has 0 spiro atoms. The van der Waals surface area contributed by atoms with Crippen LogP contribution in [0.2, 0.25) is 10.0 Å². The van der Waals surface area contributed by atoms with E-state index in [9.17, 15) is 0 Å². The lowest BCUT2D eigenvalue weighted by Crippen LogP contribution is -2.11. The van der Waals surface area contributed by atoms with Crippen molar-refractivity contribution >= 4 is 35.1 Å². The SMILES string of the molecule is CC[C@@H](C)Oc1c(Cl)cc(C=Nc2ccc(Cl)cc2)cc1OC. The Morgan fingerprint density at radius 2 is 1.87 bits per heavy atom. The molecule has 0 fully saturated rings. The van der Waals surface area contributed by atoms with E-state index in [4.69, 9.17) is 32.7 Å². The number of ether oxygens (including phenoxy) is 2. The van der Waals surface area contributed by atoms with Gasteiger partial charge in [0.2, 0.25) is 0 Å². The van der Waals surface area contributed by atoms with Crippen LogP contribution in [0, 0.1) is 0 Å². The van der Waals surface area contributed by atoms with Crippen molar-refractivity contribution < 1.29 is 9.47 Å². The molecule has 0 saturated carbocycles. The summed E-state index contributed by atoms with van der Waals surface area (Å²) in [5.41, 5.74) is 1.64. The molecule has 5 heteroatoms. The van der Waals surface area contributed by atoms with Crippen molar-refractivity contribution in [3.63, 3.8) is 0 Å².